The Kier molecular flexibility index (Phi) is 4.64. The van der Waals surface area contributed by atoms with Gasteiger partial charge in [0.15, 0.2) is 0 Å². The van der Waals surface area contributed by atoms with Gasteiger partial charge in [-0.05, 0) is 34.7 Å². The summed E-state index contributed by atoms with van der Waals surface area (Å²) in [5.74, 6) is 0.490. The van der Waals surface area contributed by atoms with E-state index in [-0.39, 0.29) is 12.0 Å². The minimum Gasteiger partial charge on any atom is -0.373 e. The summed E-state index contributed by atoms with van der Waals surface area (Å²) in [6.45, 7) is 1.77. The summed E-state index contributed by atoms with van der Waals surface area (Å²) in [4.78, 5) is 14.1. The Morgan fingerprint density at radius 2 is 2.29 bits per heavy atom. The van der Waals surface area contributed by atoms with Gasteiger partial charge < -0.3 is 9.64 Å². The smallest absolute Gasteiger partial charge is 0.255 e. The van der Waals surface area contributed by atoms with Crippen LogP contribution in [0.4, 0.5) is 0 Å². The molecule has 17 heavy (non-hydrogen) atoms. The molecule has 92 valence electrons. The van der Waals surface area contributed by atoms with E-state index in [0.717, 1.165) is 9.13 Å². The van der Waals surface area contributed by atoms with Gasteiger partial charge >= 0.3 is 0 Å². The van der Waals surface area contributed by atoms with Crippen LogP contribution in [-0.2, 0) is 4.74 Å². The van der Waals surface area contributed by atoms with Crippen LogP contribution in [0.3, 0.4) is 0 Å². The number of carbonyl (C=O) groups is 1. The van der Waals surface area contributed by atoms with Crippen LogP contribution in [0.25, 0.3) is 0 Å². The molecule has 1 unspecified atom stereocenters. The molecule has 1 heterocycles. The second-order valence-electron chi connectivity index (χ2n) is 3.88. The predicted molar refractivity (Wildman–Crippen MR) is 75.5 cm³/mol. The zero-order valence-corrected chi connectivity index (χ0v) is 12.1. The summed E-state index contributed by atoms with van der Waals surface area (Å²) in [5, 5.41) is 0. The highest BCUT2D eigenvalue weighted by atomic mass is 127. The number of benzene rings is 1. The van der Waals surface area contributed by atoms with E-state index in [9.17, 15) is 4.79 Å². The molecule has 1 amide bonds. The minimum absolute atomic E-state index is 0.0456. The molecule has 0 spiro atoms. The summed E-state index contributed by atoms with van der Waals surface area (Å²) in [6.07, 6.45) is -0.0456. The molecular weight excluding hydrogens is 352 g/mol. The summed E-state index contributed by atoms with van der Waals surface area (Å²) in [7, 11) is 0. The lowest BCUT2D eigenvalue weighted by atomic mass is 10.2. The Bertz CT molecular complexity index is 413. The standard InChI is InChI=1S/C12H13ClINO2/c13-7-9-8-15(5-6-17-9)12(16)10-3-1-2-4-11(10)14/h1-4,9H,5-8H2. The van der Waals surface area contributed by atoms with Crippen molar-refractivity contribution in [2.24, 2.45) is 0 Å². The average molecular weight is 366 g/mol. The highest BCUT2D eigenvalue weighted by Gasteiger charge is 2.25. The van der Waals surface area contributed by atoms with Crippen molar-refractivity contribution in [1.82, 2.24) is 4.90 Å². The molecular formula is C12H13ClINO2. The van der Waals surface area contributed by atoms with Gasteiger partial charge in [-0.25, -0.2) is 0 Å². The van der Waals surface area contributed by atoms with E-state index in [4.69, 9.17) is 16.3 Å². The van der Waals surface area contributed by atoms with E-state index < -0.39 is 0 Å². The highest BCUT2D eigenvalue weighted by Crippen LogP contribution is 2.16. The number of nitrogens with zero attached hydrogens (tertiary/aromatic N) is 1. The zero-order valence-electron chi connectivity index (χ0n) is 9.23. The maximum absolute atomic E-state index is 12.3. The molecule has 1 aromatic carbocycles. The number of carbonyl (C=O) groups excluding carboxylic acids is 1. The van der Waals surface area contributed by atoms with Crippen molar-refractivity contribution in [2.75, 3.05) is 25.6 Å². The second-order valence-corrected chi connectivity index (χ2v) is 5.35. The van der Waals surface area contributed by atoms with Crippen molar-refractivity contribution in [3.63, 3.8) is 0 Å². The van der Waals surface area contributed by atoms with Gasteiger partial charge in [-0.2, -0.15) is 0 Å². The molecule has 0 N–H and O–H groups in total. The first-order valence-electron chi connectivity index (χ1n) is 5.43. The van der Waals surface area contributed by atoms with Crippen molar-refractivity contribution < 1.29 is 9.53 Å². The molecule has 0 aromatic heterocycles. The molecule has 2 rings (SSSR count). The monoisotopic (exact) mass is 365 g/mol. The van der Waals surface area contributed by atoms with Crippen molar-refractivity contribution in [3.05, 3.63) is 33.4 Å². The van der Waals surface area contributed by atoms with Crippen molar-refractivity contribution in [3.8, 4) is 0 Å². The largest absolute Gasteiger partial charge is 0.373 e. The Balaban J connectivity index is 2.12. The van der Waals surface area contributed by atoms with Crippen LogP contribution in [-0.4, -0.2) is 42.5 Å². The maximum atomic E-state index is 12.3. The quantitative estimate of drug-likeness (QED) is 0.595. The molecule has 1 saturated heterocycles. The van der Waals surface area contributed by atoms with Gasteiger partial charge in [-0.15, -0.1) is 11.6 Å². The van der Waals surface area contributed by atoms with Crippen LogP contribution in [0.5, 0.6) is 0 Å². The number of halogens is 2. The summed E-state index contributed by atoms with van der Waals surface area (Å²) < 4.78 is 6.42. The molecule has 1 aliphatic rings. The van der Waals surface area contributed by atoms with Gasteiger partial charge in [0, 0.05) is 16.7 Å². The molecule has 3 nitrogen and oxygen atoms in total. The van der Waals surface area contributed by atoms with Crippen LogP contribution in [0, 0.1) is 3.57 Å². The number of alkyl halides is 1. The van der Waals surface area contributed by atoms with E-state index >= 15 is 0 Å². The number of amides is 1. The van der Waals surface area contributed by atoms with Crippen LogP contribution >= 0.6 is 34.2 Å². The van der Waals surface area contributed by atoms with E-state index in [2.05, 4.69) is 22.6 Å². The van der Waals surface area contributed by atoms with Gasteiger partial charge in [0.05, 0.1) is 24.2 Å². The Morgan fingerprint density at radius 1 is 1.53 bits per heavy atom. The Hall–Kier alpha value is -0.330. The molecule has 5 heteroatoms. The average Bonchev–Trinajstić information content (AvgIpc) is 2.38. The van der Waals surface area contributed by atoms with Crippen LogP contribution in [0.2, 0.25) is 0 Å². The van der Waals surface area contributed by atoms with Gasteiger partial charge in [0.1, 0.15) is 0 Å². The van der Waals surface area contributed by atoms with Gasteiger partial charge in [0.25, 0.3) is 5.91 Å². The molecule has 0 aliphatic carbocycles. The SMILES string of the molecule is O=C(c1ccccc1I)N1CCOC(CCl)C1. The lowest BCUT2D eigenvalue weighted by molar-refractivity contribution is -0.0108. The normalized spacial score (nSPS) is 20.4. The number of hydrogen-bond donors (Lipinski definition) is 0. The fraction of sp³-hybridized carbons (Fsp3) is 0.417. The second kappa shape index (κ2) is 6.02. The summed E-state index contributed by atoms with van der Waals surface area (Å²) in [6, 6.07) is 7.61. The van der Waals surface area contributed by atoms with Crippen molar-refractivity contribution in [2.45, 2.75) is 6.10 Å². The lowest BCUT2D eigenvalue weighted by Gasteiger charge is -2.32. The number of hydrogen-bond acceptors (Lipinski definition) is 2. The van der Waals surface area contributed by atoms with Crippen LogP contribution < -0.4 is 0 Å². The van der Waals surface area contributed by atoms with Gasteiger partial charge in [0.2, 0.25) is 0 Å². The number of rotatable bonds is 2. The maximum Gasteiger partial charge on any atom is 0.255 e. The minimum atomic E-state index is -0.0456. The molecule has 1 aromatic rings. The van der Waals surface area contributed by atoms with Crippen LogP contribution in [0.15, 0.2) is 24.3 Å². The third-order valence-electron chi connectivity index (χ3n) is 2.70. The molecule has 1 atom stereocenters. The molecule has 0 saturated carbocycles. The zero-order chi connectivity index (χ0) is 12.3. The van der Waals surface area contributed by atoms with Crippen LogP contribution in [0.1, 0.15) is 10.4 Å². The van der Waals surface area contributed by atoms with E-state index in [1.54, 1.807) is 0 Å². The summed E-state index contributed by atoms with van der Waals surface area (Å²) >= 11 is 7.94. The highest BCUT2D eigenvalue weighted by molar-refractivity contribution is 14.1. The summed E-state index contributed by atoms with van der Waals surface area (Å²) in [5.41, 5.74) is 0.753. The van der Waals surface area contributed by atoms with E-state index in [1.165, 1.54) is 0 Å². The number of ether oxygens (including phenoxy) is 1. The van der Waals surface area contributed by atoms with Crippen molar-refractivity contribution >= 4 is 40.1 Å². The van der Waals surface area contributed by atoms with E-state index in [1.807, 2.05) is 29.2 Å². The molecule has 0 bridgehead atoms. The third-order valence-corrected chi connectivity index (χ3v) is 3.99. The molecule has 0 radical (unpaired) electrons. The first-order valence-corrected chi connectivity index (χ1v) is 7.05. The number of morpholine rings is 1. The van der Waals surface area contributed by atoms with Crippen molar-refractivity contribution in [1.29, 1.82) is 0 Å². The van der Waals surface area contributed by atoms with E-state index in [0.29, 0.717) is 25.6 Å². The fourth-order valence-corrected chi connectivity index (χ4v) is 2.61. The lowest BCUT2D eigenvalue weighted by Crippen LogP contribution is -2.46. The fourth-order valence-electron chi connectivity index (χ4n) is 1.80. The molecule has 1 aliphatic heterocycles. The third kappa shape index (κ3) is 3.11. The predicted octanol–water partition coefficient (Wildman–Crippen LogP) is 2.37. The topological polar surface area (TPSA) is 29.5 Å². The molecule has 1 fully saturated rings. The first kappa shape index (κ1) is 13.1. The van der Waals surface area contributed by atoms with Gasteiger partial charge in [-0.3, -0.25) is 4.79 Å². The van der Waals surface area contributed by atoms with Gasteiger partial charge in [-0.1, -0.05) is 12.1 Å². The Labute approximate surface area is 119 Å². The Morgan fingerprint density at radius 3 is 3.00 bits per heavy atom. The first-order chi connectivity index (χ1) is 8.22.